The minimum Gasteiger partial charge on any atom is -0.114 e. The molecule has 0 heterocycles. The Kier molecular flexibility index (Phi) is 5.38. The molecule has 0 aliphatic rings. The van der Waals surface area contributed by atoms with Crippen molar-refractivity contribution in [3.05, 3.63) is 84.9 Å². The van der Waals surface area contributed by atoms with Crippen LogP contribution in [0.3, 0.4) is 0 Å². The Balaban J connectivity index is 0.000000882. The van der Waals surface area contributed by atoms with E-state index in [-0.39, 0.29) is 34.0 Å². The molecule has 0 aliphatic carbocycles. The van der Waals surface area contributed by atoms with Crippen LogP contribution in [0.25, 0.3) is 32.7 Å². The van der Waals surface area contributed by atoms with Gasteiger partial charge in [-0.2, -0.15) is 0 Å². The molecule has 0 saturated heterocycles. The summed E-state index contributed by atoms with van der Waals surface area (Å²) in [6.45, 7) is 0. The summed E-state index contributed by atoms with van der Waals surface area (Å²) >= 11 is 0. The largest absolute Gasteiger partial charge is 0.114 e. The van der Waals surface area contributed by atoms with E-state index < -0.39 is 0 Å². The maximum atomic E-state index is 2.21. The molecule has 0 bridgehead atoms. The predicted molar refractivity (Wildman–Crippen MR) is 108 cm³/mol. The summed E-state index contributed by atoms with van der Waals surface area (Å²) in [5.41, 5.74) is 2.61. The molecule has 0 saturated carbocycles. The second-order valence-corrected chi connectivity index (χ2v) is 5.05. The van der Waals surface area contributed by atoms with E-state index >= 15 is 0 Å². The number of fused-ring (bicyclic) bond motifs is 2. The van der Waals surface area contributed by atoms with Gasteiger partial charge in [0.05, 0.1) is 0 Å². The van der Waals surface area contributed by atoms with Gasteiger partial charge >= 0.3 is 0 Å². The van der Waals surface area contributed by atoms with Crippen molar-refractivity contribution in [3.8, 4) is 11.1 Å². The van der Waals surface area contributed by atoms with Gasteiger partial charge in [-0.05, 0) is 32.7 Å². The van der Waals surface area contributed by atoms with Gasteiger partial charge in [-0.1, -0.05) is 84.9 Å². The van der Waals surface area contributed by atoms with E-state index in [4.69, 9.17) is 0 Å². The van der Waals surface area contributed by atoms with Crippen LogP contribution in [0.2, 0.25) is 0 Å². The van der Waals surface area contributed by atoms with E-state index in [1.54, 1.807) is 0 Å². The Labute approximate surface area is 151 Å². The molecule has 2 heteroatoms. The molecule has 0 radical (unpaired) electrons. The molecule has 4 rings (SSSR count). The van der Waals surface area contributed by atoms with Gasteiger partial charge in [-0.3, -0.25) is 0 Å². The molecule has 0 nitrogen and oxygen atoms in total. The van der Waals surface area contributed by atoms with E-state index in [9.17, 15) is 0 Å². The zero-order valence-electron chi connectivity index (χ0n) is 11.9. The molecule has 0 amide bonds. The maximum Gasteiger partial charge on any atom is -0.00992 e. The van der Waals surface area contributed by atoms with Crippen LogP contribution in [0.15, 0.2) is 84.9 Å². The highest BCUT2D eigenvalue weighted by atomic mass is 79.9. The first-order chi connectivity index (χ1) is 9.93. The van der Waals surface area contributed by atoms with Gasteiger partial charge in [-0.15, -0.1) is 34.0 Å². The van der Waals surface area contributed by atoms with Crippen LogP contribution in [0.4, 0.5) is 0 Å². The highest BCUT2D eigenvalue weighted by Crippen LogP contribution is 2.33. The van der Waals surface area contributed by atoms with E-state index in [0.29, 0.717) is 0 Å². The summed E-state index contributed by atoms with van der Waals surface area (Å²) in [4.78, 5) is 0. The smallest absolute Gasteiger partial charge is 0.00992 e. The molecule has 0 aliphatic heterocycles. The lowest BCUT2D eigenvalue weighted by Gasteiger charge is -2.10. The van der Waals surface area contributed by atoms with E-state index in [2.05, 4.69) is 84.9 Å². The summed E-state index contributed by atoms with van der Waals surface area (Å²) < 4.78 is 0. The van der Waals surface area contributed by atoms with Crippen molar-refractivity contribution in [2.45, 2.75) is 0 Å². The highest BCUT2D eigenvalue weighted by molar-refractivity contribution is 8.93. The fourth-order valence-corrected chi connectivity index (χ4v) is 2.92. The summed E-state index contributed by atoms with van der Waals surface area (Å²) in [6, 6.07) is 30.2. The lowest BCUT2D eigenvalue weighted by atomic mass is 9.94. The molecule has 0 spiro atoms. The van der Waals surface area contributed by atoms with Crippen LogP contribution < -0.4 is 0 Å². The predicted octanol–water partition coefficient (Wildman–Crippen LogP) is 6.82. The Hall–Kier alpha value is -1.64. The lowest BCUT2D eigenvalue weighted by molar-refractivity contribution is 1.68. The Morgan fingerprint density at radius 1 is 0.364 bits per heavy atom. The second kappa shape index (κ2) is 7.08. The molecule has 22 heavy (non-hydrogen) atoms. The second-order valence-electron chi connectivity index (χ2n) is 5.05. The lowest BCUT2D eigenvalue weighted by Crippen LogP contribution is -1.83. The van der Waals surface area contributed by atoms with Crippen LogP contribution in [-0.4, -0.2) is 0 Å². The van der Waals surface area contributed by atoms with Gasteiger partial charge in [0.1, 0.15) is 0 Å². The Morgan fingerprint density at radius 3 is 1.18 bits per heavy atom. The zero-order valence-corrected chi connectivity index (χ0v) is 15.3. The minimum atomic E-state index is 0. The van der Waals surface area contributed by atoms with Gasteiger partial charge in [0, 0.05) is 0 Å². The average Bonchev–Trinajstić information content (AvgIpc) is 2.54. The maximum absolute atomic E-state index is 2.21. The van der Waals surface area contributed by atoms with E-state index in [0.717, 1.165) is 0 Å². The topological polar surface area (TPSA) is 0 Å². The van der Waals surface area contributed by atoms with Crippen LogP contribution in [0.1, 0.15) is 0 Å². The number of halogens is 2. The first-order valence-electron chi connectivity index (χ1n) is 6.89. The zero-order chi connectivity index (χ0) is 13.4. The number of hydrogen-bond donors (Lipinski definition) is 0. The summed E-state index contributed by atoms with van der Waals surface area (Å²) in [6.07, 6.45) is 0. The van der Waals surface area contributed by atoms with Crippen molar-refractivity contribution < 1.29 is 0 Å². The van der Waals surface area contributed by atoms with E-state index in [1.807, 2.05) is 0 Å². The van der Waals surface area contributed by atoms with Gasteiger partial charge in [0.25, 0.3) is 0 Å². The molecule has 0 fully saturated rings. The highest BCUT2D eigenvalue weighted by Gasteiger charge is 2.06. The fraction of sp³-hybridized carbons (Fsp3) is 0. The van der Waals surface area contributed by atoms with Crippen LogP contribution in [0, 0.1) is 0 Å². The molecule has 0 N–H and O–H groups in total. The van der Waals surface area contributed by atoms with Crippen molar-refractivity contribution >= 4 is 55.5 Å². The van der Waals surface area contributed by atoms with Gasteiger partial charge < -0.3 is 0 Å². The first-order valence-corrected chi connectivity index (χ1v) is 6.89. The van der Waals surface area contributed by atoms with Crippen LogP contribution in [-0.2, 0) is 0 Å². The SMILES string of the molecule is Br.Br.c1ccc2c(-c3cccc4ccccc34)cccc2c1. The molecule has 0 unspecified atom stereocenters. The quantitative estimate of drug-likeness (QED) is 0.320. The normalized spacial score (nSPS) is 10.0. The van der Waals surface area contributed by atoms with Gasteiger partial charge in [-0.25, -0.2) is 0 Å². The monoisotopic (exact) mass is 414 g/mol. The fourth-order valence-electron chi connectivity index (χ4n) is 2.92. The molecule has 4 aromatic rings. The molecular weight excluding hydrogens is 400 g/mol. The van der Waals surface area contributed by atoms with Crippen LogP contribution in [0.5, 0.6) is 0 Å². The van der Waals surface area contributed by atoms with Gasteiger partial charge in [0.2, 0.25) is 0 Å². The number of hydrogen-bond acceptors (Lipinski definition) is 0. The summed E-state index contributed by atoms with van der Waals surface area (Å²) in [5.74, 6) is 0. The van der Waals surface area contributed by atoms with Crippen molar-refractivity contribution in [1.29, 1.82) is 0 Å². The minimum absolute atomic E-state index is 0. The molecule has 0 aromatic heterocycles. The third-order valence-corrected chi connectivity index (χ3v) is 3.87. The number of benzene rings is 4. The Bertz CT molecular complexity index is 825. The number of rotatable bonds is 1. The van der Waals surface area contributed by atoms with Crippen molar-refractivity contribution in [2.75, 3.05) is 0 Å². The van der Waals surface area contributed by atoms with Crippen LogP contribution >= 0.6 is 34.0 Å². The standard InChI is InChI=1S/C20H14.2BrH/c1-3-11-17-15(7-1)9-5-13-19(17)20-14-6-10-16-8-2-4-12-18(16)20;;/h1-14H;2*1H. The molecule has 110 valence electrons. The first kappa shape index (κ1) is 16.7. The van der Waals surface area contributed by atoms with Crippen molar-refractivity contribution in [1.82, 2.24) is 0 Å². The third-order valence-electron chi connectivity index (χ3n) is 3.87. The molecule has 4 aromatic carbocycles. The molecule has 0 atom stereocenters. The third kappa shape index (κ3) is 2.81. The summed E-state index contributed by atoms with van der Waals surface area (Å²) in [7, 11) is 0. The average molecular weight is 416 g/mol. The van der Waals surface area contributed by atoms with Crippen molar-refractivity contribution in [3.63, 3.8) is 0 Å². The molecular formula is C20H16Br2. The Morgan fingerprint density at radius 2 is 0.727 bits per heavy atom. The van der Waals surface area contributed by atoms with Crippen molar-refractivity contribution in [2.24, 2.45) is 0 Å². The van der Waals surface area contributed by atoms with E-state index in [1.165, 1.54) is 32.7 Å². The summed E-state index contributed by atoms with van der Waals surface area (Å²) in [5, 5.41) is 5.20. The van der Waals surface area contributed by atoms with Gasteiger partial charge in [0.15, 0.2) is 0 Å².